The molecular formula is C8H10N4O2S. The highest BCUT2D eigenvalue weighted by molar-refractivity contribution is 7.98. The maximum absolute atomic E-state index is 10.1. The van der Waals surface area contributed by atoms with Crippen LogP contribution in [0.4, 0.5) is 5.82 Å². The highest BCUT2D eigenvalue weighted by Gasteiger charge is 2.03. The van der Waals surface area contributed by atoms with Crippen LogP contribution in [0.1, 0.15) is 5.56 Å². The van der Waals surface area contributed by atoms with Crippen LogP contribution in [0.5, 0.6) is 0 Å². The van der Waals surface area contributed by atoms with Crippen molar-refractivity contribution in [1.29, 1.82) is 0 Å². The molecule has 80 valence electrons. The second-order valence-corrected chi connectivity index (χ2v) is 3.29. The van der Waals surface area contributed by atoms with Gasteiger partial charge in [-0.05, 0) is 6.26 Å². The lowest BCUT2D eigenvalue weighted by Crippen LogP contribution is -1.98. The van der Waals surface area contributed by atoms with Crippen molar-refractivity contribution in [3.05, 3.63) is 28.1 Å². The average molecular weight is 226 g/mol. The molecule has 1 heterocycles. The lowest BCUT2D eigenvalue weighted by molar-refractivity contribution is -0.400. The Hall–Kier alpha value is -1.63. The summed E-state index contributed by atoms with van der Waals surface area (Å²) in [5.41, 5.74) is 0.590. The average Bonchev–Trinajstić information content (AvgIpc) is 2.25. The van der Waals surface area contributed by atoms with Crippen LogP contribution in [0.2, 0.25) is 0 Å². The first-order chi connectivity index (χ1) is 7.17. The molecule has 0 spiro atoms. The Morgan fingerprint density at radius 3 is 2.93 bits per heavy atom. The zero-order chi connectivity index (χ0) is 11.3. The summed E-state index contributed by atoms with van der Waals surface area (Å²) in [5, 5.41) is 13.6. The van der Waals surface area contributed by atoms with Gasteiger partial charge in [-0.3, -0.25) is 10.1 Å². The van der Waals surface area contributed by atoms with Gasteiger partial charge in [-0.1, -0.05) is 11.8 Å². The molecule has 1 N–H and O–H groups in total. The molecule has 0 atom stereocenters. The van der Waals surface area contributed by atoms with Crippen molar-refractivity contribution in [2.24, 2.45) is 0 Å². The predicted octanol–water partition coefficient (Wildman–Crippen LogP) is 1.49. The molecule has 0 amide bonds. The van der Waals surface area contributed by atoms with E-state index in [-0.39, 0.29) is 0 Å². The number of thioether (sulfide) groups is 1. The molecule has 0 aliphatic heterocycles. The van der Waals surface area contributed by atoms with Crippen molar-refractivity contribution in [2.75, 3.05) is 18.6 Å². The molecule has 0 fully saturated rings. The summed E-state index contributed by atoms with van der Waals surface area (Å²) in [7, 11) is 1.70. The molecule has 0 saturated carbocycles. The summed E-state index contributed by atoms with van der Waals surface area (Å²) in [6.45, 7) is 0. The fourth-order valence-electron chi connectivity index (χ4n) is 0.937. The standard InChI is InChI=1S/C8H10N4O2S/c1-9-7-6(3-4-12(13)14)5-10-8(11-7)15-2/h3-5H,1-2H3,(H,9,10,11)/b4-3+. The summed E-state index contributed by atoms with van der Waals surface area (Å²) in [6, 6.07) is 0. The first kappa shape index (κ1) is 11.4. The highest BCUT2D eigenvalue weighted by atomic mass is 32.2. The Morgan fingerprint density at radius 1 is 1.67 bits per heavy atom. The van der Waals surface area contributed by atoms with Crippen LogP contribution < -0.4 is 5.32 Å². The zero-order valence-corrected chi connectivity index (χ0v) is 9.11. The molecule has 6 nitrogen and oxygen atoms in total. The lowest BCUT2D eigenvalue weighted by Gasteiger charge is -2.03. The number of anilines is 1. The van der Waals surface area contributed by atoms with Gasteiger partial charge in [0.15, 0.2) is 5.16 Å². The number of aromatic nitrogens is 2. The van der Waals surface area contributed by atoms with E-state index in [2.05, 4.69) is 15.3 Å². The smallest absolute Gasteiger partial charge is 0.235 e. The van der Waals surface area contributed by atoms with Crippen LogP contribution in [0.25, 0.3) is 6.08 Å². The molecular weight excluding hydrogens is 216 g/mol. The Bertz CT molecular complexity index is 394. The third-order valence-corrected chi connectivity index (χ3v) is 2.15. The first-order valence-electron chi connectivity index (χ1n) is 4.08. The van der Waals surface area contributed by atoms with Crippen molar-refractivity contribution in [3.63, 3.8) is 0 Å². The molecule has 0 aliphatic carbocycles. The van der Waals surface area contributed by atoms with E-state index in [9.17, 15) is 10.1 Å². The Labute approximate surface area is 91.0 Å². The van der Waals surface area contributed by atoms with E-state index in [0.29, 0.717) is 16.5 Å². The van der Waals surface area contributed by atoms with Crippen LogP contribution in [-0.4, -0.2) is 28.2 Å². The Balaban J connectivity index is 3.02. The summed E-state index contributed by atoms with van der Waals surface area (Å²) in [5.74, 6) is 0.576. The fourth-order valence-corrected chi connectivity index (χ4v) is 1.28. The van der Waals surface area contributed by atoms with Gasteiger partial charge in [0.2, 0.25) is 6.20 Å². The molecule has 0 radical (unpaired) electrons. The topological polar surface area (TPSA) is 81.0 Å². The first-order valence-corrected chi connectivity index (χ1v) is 5.30. The van der Waals surface area contributed by atoms with E-state index in [4.69, 9.17) is 0 Å². The van der Waals surface area contributed by atoms with Crippen molar-refractivity contribution >= 4 is 23.7 Å². The monoisotopic (exact) mass is 226 g/mol. The zero-order valence-electron chi connectivity index (χ0n) is 8.30. The minimum Gasteiger partial charge on any atom is -0.373 e. The number of rotatable bonds is 4. The van der Waals surface area contributed by atoms with E-state index >= 15 is 0 Å². The summed E-state index contributed by atoms with van der Waals surface area (Å²) < 4.78 is 0. The van der Waals surface area contributed by atoms with Crippen LogP contribution in [0.3, 0.4) is 0 Å². The molecule has 15 heavy (non-hydrogen) atoms. The SMILES string of the molecule is CNc1nc(SC)ncc1/C=C/[N+](=O)[O-]. The maximum Gasteiger partial charge on any atom is 0.235 e. The van der Waals surface area contributed by atoms with Crippen LogP contribution in [-0.2, 0) is 0 Å². The van der Waals surface area contributed by atoms with E-state index in [1.54, 1.807) is 13.2 Å². The van der Waals surface area contributed by atoms with Crippen LogP contribution in [0.15, 0.2) is 17.6 Å². The number of nitrogens with one attached hydrogen (secondary N) is 1. The van der Waals surface area contributed by atoms with Crippen molar-refractivity contribution in [3.8, 4) is 0 Å². The van der Waals surface area contributed by atoms with E-state index in [1.165, 1.54) is 17.8 Å². The molecule has 1 rings (SSSR count). The number of nitrogens with zero attached hydrogens (tertiary/aromatic N) is 3. The maximum atomic E-state index is 10.1. The minimum atomic E-state index is -0.526. The van der Waals surface area contributed by atoms with Gasteiger partial charge in [-0.15, -0.1) is 0 Å². The molecule has 1 aromatic heterocycles. The third kappa shape index (κ3) is 3.21. The van der Waals surface area contributed by atoms with Gasteiger partial charge in [0.1, 0.15) is 5.82 Å². The van der Waals surface area contributed by atoms with E-state index in [0.717, 1.165) is 6.20 Å². The van der Waals surface area contributed by atoms with E-state index < -0.39 is 4.92 Å². The quantitative estimate of drug-likeness (QED) is 0.362. The van der Waals surface area contributed by atoms with Gasteiger partial charge in [-0.25, -0.2) is 9.97 Å². The van der Waals surface area contributed by atoms with Crippen LogP contribution in [0, 0.1) is 10.1 Å². The molecule has 0 saturated heterocycles. The van der Waals surface area contributed by atoms with Gasteiger partial charge >= 0.3 is 0 Å². The summed E-state index contributed by atoms with van der Waals surface area (Å²) in [6.07, 6.45) is 5.63. The predicted molar refractivity (Wildman–Crippen MR) is 59.4 cm³/mol. The number of nitro groups is 1. The molecule has 0 bridgehead atoms. The number of hydrogen-bond acceptors (Lipinski definition) is 6. The van der Waals surface area contributed by atoms with Crippen LogP contribution >= 0.6 is 11.8 Å². The molecule has 1 aromatic rings. The molecule has 7 heteroatoms. The lowest BCUT2D eigenvalue weighted by atomic mass is 10.3. The van der Waals surface area contributed by atoms with Crippen molar-refractivity contribution < 1.29 is 4.92 Å². The summed E-state index contributed by atoms with van der Waals surface area (Å²) in [4.78, 5) is 17.8. The van der Waals surface area contributed by atoms with Crippen molar-refractivity contribution in [1.82, 2.24) is 9.97 Å². The largest absolute Gasteiger partial charge is 0.373 e. The van der Waals surface area contributed by atoms with Gasteiger partial charge in [0, 0.05) is 24.9 Å². The third-order valence-electron chi connectivity index (χ3n) is 1.59. The van der Waals surface area contributed by atoms with Gasteiger partial charge in [-0.2, -0.15) is 0 Å². The molecule has 0 aliphatic rings. The van der Waals surface area contributed by atoms with Gasteiger partial charge in [0.25, 0.3) is 0 Å². The second kappa shape index (κ2) is 5.30. The second-order valence-electron chi connectivity index (χ2n) is 2.51. The normalized spacial score (nSPS) is 10.5. The fraction of sp³-hybridized carbons (Fsp3) is 0.250. The summed E-state index contributed by atoms with van der Waals surface area (Å²) >= 11 is 1.41. The van der Waals surface area contributed by atoms with Gasteiger partial charge in [0.05, 0.1) is 4.92 Å². The molecule has 0 unspecified atom stereocenters. The Morgan fingerprint density at radius 2 is 2.40 bits per heavy atom. The highest BCUT2D eigenvalue weighted by Crippen LogP contribution is 2.16. The van der Waals surface area contributed by atoms with Crippen molar-refractivity contribution in [2.45, 2.75) is 5.16 Å². The van der Waals surface area contributed by atoms with E-state index in [1.807, 2.05) is 6.26 Å². The van der Waals surface area contributed by atoms with Gasteiger partial charge < -0.3 is 5.32 Å². The molecule has 0 aromatic carbocycles. The number of hydrogen-bond donors (Lipinski definition) is 1. The minimum absolute atomic E-state index is 0.526. The Kier molecular flexibility index (Phi) is 4.04.